The molecule has 0 heterocycles. The molecule has 0 saturated carbocycles. The quantitative estimate of drug-likeness (QED) is 0.00311. The number of halogens is 2. The smallest absolute Gasteiger partial charge is 1.00 e. The molecule has 818 valence electrons. The molecular weight excluding hydrogens is 2030 g/mol. The van der Waals surface area contributed by atoms with E-state index in [1.54, 1.807) is 82.8 Å². The van der Waals surface area contributed by atoms with E-state index >= 15 is 0 Å². The predicted octanol–water partition coefficient (Wildman–Crippen LogP) is 14.0. The molecule has 0 radical (unpaired) electrons. The number of hydroxylamine groups is 2. The van der Waals surface area contributed by atoms with Gasteiger partial charge in [0.1, 0.15) is 23.9 Å². The summed E-state index contributed by atoms with van der Waals surface area (Å²) in [6.07, 6.45) is 8.58. The molecule has 0 aromatic heterocycles. The van der Waals surface area contributed by atoms with Gasteiger partial charge in [-0.1, -0.05) is 310 Å². The van der Waals surface area contributed by atoms with Crippen molar-refractivity contribution in [2.24, 2.45) is 114 Å². The Morgan fingerprint density at radius 1 is 0.507 bits per heavy atom. The Hall–Kier alpha value is -3.94. The second-order valence-electron chi connectivity index (χ2n) is 40.6. The molecule has 11 N–H and O–H groups in total. The monoisotopic (exact) mass is 2240 g/mol. The Balaban J connectivity index is -0.0000000643. The van der Waals surface area contributed by atoms with E-state index < -0.39 is 88.5 Å². The molecule has 2 aromatic rings. The van der Waals surface area contributed by atoms with Gasteiger partial charge in [-0.05, 0) is 175 Å². The Bertz CT molecular complexity index is 3520. The van der Waals surface area contributed by atoms with Crippen molar-refractivity contribution < 1.29 is 182 Å². The first-order valence-corrected chi connectivity index (χ1v) is 48.8. The topological polar surface area (TPSA) is 462 Å². The second kappa shape index (κ2) is 94.7. The SMILES string of the molecule is C.C.C.CC(C)C(C)(C)C(C(=O)O)C(=O)O.CC(C)C(C)(C)CC(=O)O.CC(C)C(C)(C)CC(C#N)CCc1ccccc1.CC(C)C(C)(C)CC(N)C(=O)O.CC(C)C(C)(C)CC(NCc1ccccc1)C(=O)O.CC(C)C(C)(C)CC=O.CCOC(=O)C(C(=O)OCC)=C(C)C.CCOC(=O)C(C(=O)OCC)C(C)(C)C(C)C.CON(C)C(=O)CC(C)(C)C(C)C.C[CH-]C.O.[AlH3].[Br-].[Cu][I].[H-].[Li+].[Li+].[Mg+2].[OH-]. The molecule has 0 spiro atoms. The molecule has 3 atom stereocenters. The molecule has 0 aliphatic heterocycles. The van der Waals surface area contributed by atoms with Gasteiger partial charge in [0, 0.05) is 32.4 Å². The van der Waals surface area contributed by atoms with Gasteiger partial charge in [-0.15, -0.1) is 0 Å². The number of carbonyl (C=O) groups excluding carboxylic acids is 6. The first-order valence-electron chi connectivity index (χ1n) is 45.7. The molecule has 1 amide bonds. The number of nitrogens with one attached hydrogen (secondary N) is 1. The van der Waals surface area contributed by atoms with Gasteiger partial charge >= 0.3 is 148 Å². The van der Waals surface area contributed by atoms with Gasteiger partial charge in [0.2, 0.25) is 5.91 Å². The van der Waals surface area contributed by atoms with E-state index in [1.165, 1.54) is 17.7 Å². The number of hydrogen-bond acceptors (Lipinski definition) is 20. The first-order chi connectivity index (χ1) is 59.2. The van der Waals surface area contributed by atoms with E-state index in [-0.39, 0.29) is 224 Å². The number of nitrogens with two attached hydrogens (primary N) is 1. The third-order valence-corrected chi connectivity index (χ3v) is 25.4. The van der Waals surface area contributed by atoms with Gasteiger partial charge in [0.15, 0.2) is 29.2 Å². The molecule has 27 nitrogen and oxygen atoms in total. The number of allylic oxidation sites excluding steroid dienone is 1. The average Bonchev–Trinajstić information content (AvgIpc) is 0.813. The van der Waals surface area contributed by atoms with Crippen LogP contribution in [-0.2, 0) is 102 Å². The number of carbonyl (C=O) groups is 11. The third kappa shape index (κ3) is 85.0. The standard InChI is InChI=1S/C17H25N.C16H25NO2.C13H24O4.C10H21NO2.C10H16O4.C9H19NO2.C9H16O4.C8H16O2.C8H16O.C3H7.3CH4.Al.BrH.Cu.HI.2Li.Mg.2H2O.4H/c1-14(2)17(3,4)12-16(13-18)11-10-15-8-6-5-7-9-15;1-12(2)16(3,4)10-14(15(18)19)17-11-13-8-6-5-7-9-13;1-7-16-11(14)10(12(15)17-8-2)13(5,6)9(3)4;1-8(2)10(3,4)7-9(12)11(5)13-6;1-5-13-9(11)8(7(3)4)10(12)14-6-2;1-6(2)9(3,4)5-7(10)8(11)12;1-5(2)9(3,4)6(7(10)11)8(12)13;1-6(2)8(3,4)5-7(9)10;1-7(2)8(3,4)5-6-9;1-3-2;;;;;;;;;;;;;;;;/h5-9,14,16H,10-12H2,1-4H3;5-9,12,14,17H,10-11H2,1-4H3,(H,18,19);9-10H,7-8H2,1-6H3;8H,7H2,1-6H3;5-6H2,1-4H3;6-7H,5,10H2,1-4H3,(H,11,12);5-6H,1-4H3,(H,10,11)(H,12,13);6H,5H2,1-4H3,(H,9,10);6-7H,5H2,1-4H3;3H,1-2H3;3*1H4;;1H;;1H;;;;2*1H2;;;;/q;;;;;;;;;-1;;;;;;+1;;2*+1;+2;;;;;;-1/p-3. The van der Waals surface area contributed by atoms with E-state index in [1.807, 2.05) is 140 Å². The van der Waals surface area contributed by atoms with Crippen molar-refractivity contribution in [3.8, 4) is 6.07 Å². The maximum absolute atomic E-state index is 11.9. The minimum Gasteiger partial charge on any atom is -1.00 e. The number of carboxylic acid groups (broad SMARTS) is 5. The van der Waals surface area contributed by atoms with Crippen LogP contribution in [0.25, 0.3) is 0 Å². The zero-order valence-electron chi connectivity index (χ0n) is 93.6. The molecule has 0 fully saturated rings. The Morgan fingerprint density at radius 3 is 1.04 bits per heavy atom. The van der Waals surface area contributed by atoms with Crippen molar-refractivity contribution in [1.82, 2.24) is 10.4 Å². The van der Waals surface area contributed by atoms with Crippen LogP contribution in [0.1, 0.15) is 357 Å². The van der Waals surface area contributed by atoms with Crippen molar-refractivity contribution >= 4 is 127 Å². The zero-order valence-corrected chi connectivity index (χ0v) is 98.7. The molecular formula is C106H204AlBrCuILi2MgN4O23. The first kappa shape index (κ1) is 181. The number of esters is 4. The normalized spacial score (nSPS) is 11.2. The van der Waals surface area contributed by atoms with Crippen molar-refractivity contribution in [3.63, 3.8) is 0 Å². The van der Waals surface area contributed by atoms with Crippen molar-refractivity contribution in [2.75, 3.05) is 40.6 Å². The van der Waals surface area contributed by atoms with Gasteiger partial charge < -0.3 is 96.1 Å². The summed E-state index contributed by atoms with van der Waals surface area (Å²) in [6.45, 7) is 81.2. The summed E-state index contributed by atoms with van der Waals surface area (Å²) >= 11 is 5.87. The van der Waals surface area contributed by atoms with Crippen molar-refractivity contribution in [1.29, 1.82) is 5.26 Å². The summed E-state index contributed by atoms with van der Waals surface area (Å²) in [5.74, 6) is -5.99. The fourth-order valence-electron chi connectivity index (χ4n) is 10.1. The van der Waals surface area contributed by atoms with Crippen LogP contribution in [0.5, 0.6) is 0 Å². The molecule has 0 aliphatic rings. The molecule has 0 saturated heterocycles. The van der Waals surface area contributed by atoms with E-state index in [0.717, 1.165) is 31.1 Å². The van der Waals surface area contributed by atoms with Gasteiger partial charge in [0.25, 0.3) is 0 Å². The number of nitriles is 1. The predicted molar refractivity (Wildman–Crippen MR) is 574 cm³/mol. The number of benzene rings is 2. The number of aryl methyl sites for hydroxylation is 1. The molecule has 140 heavy (non-hydrogen) atoms. The maximum Gasteiger partial charge on any atom is 2.00 e. The third-order valence-electron chi connectivity index (χ3n) is 25.4. The van der Waals surface area contributed by atoms with Crippen LogP contribution in [0, 0.1) is 126 Å². The van der Waals surface area contributed by atoms with Crippen LogP contribution in [0.2, 0.25) is 0 Å². The Kier molecular flexibility index (Phi) is 123. The minimum absolute atomic E-state index is 0. The number of nitrogens with zero attached hydrogens (tertiary/aromatic N) is 2. The molecule has 0 aliphatic carbocycles. The minimum atomic E-state index is -1.34. The molecule has 3 unspecified atom stereocenters. The number of aldehydes is 1. The number of rotatable bonds is 41. The van der Waals surface area contributed by atoms with E-state index in [0.29, 0.717) is 73.3 Å². The zero-order chi connectivity index (χ0) is 105. The molecule has 34 heteroatoms. The summed E-state index contributed by atoms with van der Waals surface area (Å²) in [4.78, 5) is 126. The Morgan fingerprint density at radius 2 is 0.807 bits per heavy atom. The van der Waals surface area contributed by atoms with Crippen LogP contribution in [-0.4, -0.2) is 201 Å². The van der Waals surface area contributed by atoms with E-state index in [4.69, 9.17) is 49.9 Å². The van der Waals surface area contributed by atoms with Gasteiger partial charge in [0.05, 0.1) is 46.0 Å². The van der Waals surface area contributed by atoms with Crippen LogP contribution >= 0.6 is 20.3 Å². The van der Waals surface area contributed by atoms with Gasteiger partial charge in [-0.2, -0.15) is 19.1 Å². The number of amides is 1. The second-order valence-corrected chi connectivity index (χ2v) is 40.6. The summed E-state index contributed by atoms with van der Waals surface area (Å²) < 4.78 is 19.4. The van der Waals surface area contributed by atoms with Crippen LogP contribution in [0.3, 0.4) is 0 Å². The van der Waals surface area contributed by atoms with E-state index in [9.17, 15) is 63.1 Å². The molecule has 2 rings (SSSR count). The van der Waals surface area contributed by atoms with Gasteiger partial charge in [-0.3, -0.25) is 43.2 Å². The van der Waals surface area contributed by atoms with Gasteiger partial charge in [-0.25, -0.2) is 14.7 Å². The van der Waals surface area contributed by atoms with Crippen LogP contribution < -0.4 is 65.8 Å². The average molecular weight is 2240 g/mol. The Labute approximate surface area is 935 Å². The largest absolute Gasteiger partial charge is 2.00 e. The molecule has 2 aromatic carbocycles. The number of hydrogen-bond donors (Lipinski definition) is 7. The summed E-state index contributed by atoms with van der Waals surface area (Å²) in [5.41, 5.74) is 7.64. The van der Waals surface area contributed by atoms with Crippen LogP contribution in [0.15, 0.2) is 71.8 Å². The summed E-state index contributed by atoms with van der Waals surface area (Å²) in [6, 6.07) is 21.6. The van der Waals surface area contributed by atoms with Crippen molar-refractivity contribution in [3.05, 3.63) is 89.4 Å². The van der Waals surface area contributed by atoms with Crippen LogP contribution in [0.4, 0.5) is 0 Å². The maximum atomic E-state index is 11.9. The van der Waals surface area contributed by atoms with Crippen molar-refractivity contribution in [2.45, 2.75) is 369 Å². The fourth-order valence-corrected chi connectivity index (χ4v) is 10.1. The van der Waals surface area contributed by atoms with E-state index in [2.05, 4.69) is 173 Å². The molecule has 0 bridgehead atoms. The number of carboxylic acids is 5. The summed E-state index contributed by atoms with van der Waals surface area (Å²) in [5, 5.41) is 57.7. The number of aliphatic carboxylic acids is 5. The fraction of sp³-hybridized carbons (Fsp3) is 0.745. The number of ether oxygens (including phenoxy) is 4. The summed E-state index contributed by atoms with van der Waals surface area (Å²) in [7, 11) is 3.14.